The SMILES string of the molecule is CC1(OS(C)(=O)=O)CC1[Si](C)(C)C.CC1(OS(C)(=O)=O)CC1[Si](C)(C)C. The van der Waals surface area contributed by atoms with E-state index in [9.17, 15) is 16.8 Å². The van der Waals surface area contributed by atoms with Gasteiger partial charge in [-0.25, -0.2) is 0 Å². The first kappa shape index (κ1) is 24.3. The average Bonchev–Trinajstić information content (AvgIpc) is 3.09. The van der Waals surface area contributed by atoms with Crippen LogP contribution in [0.25, 0.3) is 0 Å². The van der Waals surface area contributed by atoms with Crippen molar-refractivity contribution in [2.75, 3.05) is 12.5 Å². The summed E-state index contributed by atoms with van der Waals surface area (Å²) in [5.41, 5.74) is 0.181. The molecule has 0 aromatic heterocycles. The Morgan fingerprint density at radius 2 is 0.923 bits per heavy atom. The molecule has 0 spiro atoms. The van der Waals surface area contributed by atoms with E-state index in [1.165, 1.54) is 0 Å². The maximum absolute atomic E-state index is 11.0. The summed E-state index contributed by atoms with van der Waals surface area (Å²) in [7, 11) is -9.08. The molecule has 10 heteroatoms. The van der Waals surface area contributed by atoms with Crippen molar-refractivity contribution < 1.29 is 25.2 Å². The van der Waals surface area contributed by atoms with Gasteiger partial charge in [-0.15, -0.1) is 0 Å². The summed E-state index contributed by atoms with van der Waals surface area (Å²) in [4.78, 5) is 0. The molecule has 0 aliphatic heterocycles. The van der Waals surface area contributed by atoms with Crippen LogP contribution >= 0.6 is 0 Å². The molecular weight excluding hydrogens is 408 g/mol. The summed E-state index contributed by atoms with van der Waals surface area (Å²) in [6, 6.07) is 0. The third-order valence-corrected chi connectivity index (χ3v) is 12.3. The van der Waals surface area contributed by atoms with Gasteiger partial charge in [-0.05, 0) is 37.8 Å². The van der Waals surface area contributed by atoms with Crippen LogP contribution in [-0.2, 0) is 28.6 Å². The first-order chi connectivity index (χ1) is 11.1. The van der Waals surface area contributed by atoms with Crippen LogP contribution in [0.1, 0.15) is 26.7 Å². The Labute approximate surface area is 162 Å². The van der Waals surface area contributed by atoms with Crippen LogP contribution in [0.4, 0.5) is 0 Å². The molecule has 0 amide bonds. The van der Waals surface area contributed by atoms with E-state index in [0.29, 0.717) is 11.1 Å². The third kappa shape index (κ3) is 7.35. The maximum atomic E-state index is 11.0. The maximum Gasteiger partial charge on any atom is 0.264 e. The Morgan fingerprint density at radius 1 is 0.692 bits per heavy atom. The van der Waals surface area contributed by atoms with E-state index >= 15 is 0 Å². The molecule has 6 nitrogen and oxygen atoms in total. The van der Waals surface area contributed by atoms with E-state index < -0.39 is 47.6 Å². The highest BCUT2D eigenvalue weighted by Gasteiger charge is 2.60. The third-order valence-electron chi connectivity index (χ3n) is 5.15. The lowest BCUT2D eigenvalue weighted by Crippen LogP contribution is -2.28. The molecular formula is C16H36O6S2Si2. The Kier molecular flexibility index (Phi) is 6.49. The van der Waals surface area contributed by atoms with Gasteiger partial charge in [0.05, 0.1) is 39.9 Å². The predicted octanol–water partition coefficient (Wildman–Crippen LogP) is 3.67. The Morgan fingerprint density at radius 3 is 1.04 bits per heavy atom. The lowest BCUT2D eigenvalue weighted by molar-refractivity contribution is 0.209. The molecule has 2 aliphatic carbocycles. The molecule has 0 saturated heterocycles. The highest BCUT2D eigenvalue weighted by Crippen LogP contribution is 2.58. The van der Waals surface area contributed by atoms with Crippen LogP contribution in [0.5, 0.6) is 0 Å². The van der Waals surface area contributed by atoms with E-state index in [1.54, 1.807) is 0 Å². The molecule has 0 aromatic carbocycles. The molecule has 0 radical (unpaired) electrons. The molecule has 2 fully saturated rings. The van der Waals surface area contributed by atoms with Crippen molar-refractivity contribution in [3.63, 3.8) is 0 Å². The molecule has 2 aliphatic rings. The minimum Gasteiger partial charge on any atom is -0.264 e. The highest BCUT2D eigenvalue weighted by atomic mass is 32.2. The fourth-order valence-corrected chi connectivity index (χ4v) is 11.8. The average molecular weight is 445 g/mol. The monoisotopic (exact) mass is 444 g/mol. The van der Waals surface area contributed by atoms with Gasteiger partial charge in [-0.1, -0.05) is 39.3 Å². The van der Waals surface area contributed by atoms with Gasteiger partial charge in [-0.2, -0.15) is 16.8 Å². The molecule has 156 valence electrons. The number of hydrogen-bond acceptors (Lipinski definition) is 6. The minimum absolute atomic E-state index is 0.391. The molecule has 0 bridgehead atoms. The van der Waals surface area contributed by atoms with Crippen molar-refractivity contribution in [1.82, 2.24) is 0 Å². The normalized spacial score (nSPS) is 34.7. The van der Waals surface area contributed by atoms with Crippen LogP contribution < -0.4 is 0 Å². The van der Waals surface area contributed by atoms with Crippen LogP contribution in [0.2, 0.25) is 50.4 Å². The van der Waals surface area contributed by atoms with Crippen molar-refractivity contribution in [2.45, 2.75) is 88.3 Å². The second-order valence-electron chi connectivity index (χ2n) is 10.4. The van der Waals surface area contributed by atoms with Crippen molar-refractivity contribution in [3.05, 3.63) is 0 Å². The van der Waals surface area contributed by atoms with Gasteiger partial charge in [0.1, 0.15) is 0 Å². The largest absolute Gasteiger partial charge is 0.264 e. The van der Waals surface area contributed by atoms with Crippen LogP contribution in [0, 0.1) is 0 Å². The summed E-state index contributed by atoms with van der Waals surface area (Å²) in [5, 5.41) is 0. The second-order valence-corrected chi connectivity index (χ2v) is 24.5. The van der Waals surface area contributed by atoms with Gasteiger partial charge < -0.3 is 0 Å². The summed E-state index contributed by atoms with van der Waals surface area (Å²) in [5.74, 6) is 0. The molecule has 0 aromatic rings. The van der Waals surface area contributed by atoms with Gasteiger partial charge in [0.2, 0.25) is 0 Å². The zero-order chi connectivity index (χ0) is 21.0. The van der Waals surface area contributed by atoms with Gasteiger partial charge in [0, 0.05) is 0 Å². The van der Waals surface area contributed by atoms with Gasteiger partial charge in [0.25, 0.3) is 20.2 Å². The highest BCUT2D eigenvalue weighted by molar-refractivity contribution is 7.86. The molecule has 2 saturated carbocycles. The summed E-state index contributed by atoms with van der Waals surface area (Å²) >= 11 is 0. The lowest BCUT2D eigenvalue weighted by atomic mass is 10.4. The predicted molar refractivity (Wildman–Crippen MR) is 112 cm³/mol. The van der Waals surface area contributed by atoms with E-state index in [0.717, 1.165) is 25.4 Å². The number of hydrogen-bond donors (Lipinski definition) is 0. The van der Waals surface area contributed by atoms with E-state index in [2.05, 4.69) is 39.3 Å². The van der Waals surface area contributed by atoms with Gasteiger partial charge in [0.15, 0.2) is 0 Å². The Bertz CT molecular complexity index is 672. The smallest absolute Gasteiger partial charge is 0.264 e. The first-order valence-electron chi connectivity index (χ1n) is 8.90. The summed E-state index contributed by atoms with van der Waals surface area (Å²) in [6.45, 7) is 17.3. The van der Waals surface area contributed by atoms with E-state index in [4.69, 9.17) is 8.37 Å². The molecule has 2 rings (SSSR count). The zero-order valence-corrected chi connectivity index (χ0v) is 21.5. The number of rotatable bonds is 6. The fourth-order valence-electron chi connectivity index (χ4n) is 4.01. The Hall–Kier alpha value is 0.254. The van der Waals surface area contributed by atoms with E-state index in [-0.39, 0.29) is 0 Å². The van der Waals surface area contributed by atoms with Crippen molar-refractivity contribution in [3.8, 4) is 0 Å². The first-order valence-corrected chi connectivity index (χ1v) is 19.7. The quantitative estimate of drug-likeness (QED) is 0.459. The van der Waals surface area contributed by atoms with Crippen molar-refractivity contribution >= 4 is 36.4 Å². The van der Waals surface area contributed by atoms with Crippen LogP contribution in [-0.4, -0.2) is 56.7 Å². The molecule has 26 heavy (non-hydrogen) atoms. The van der Waals surface area contributed by atoms with Crippen molar-refractivity contribution in [1.29, 1.82) is 0 Å². The van der Waals surface area contributed by atoms with Crippen LogP contribution in [0.15, 0.2) is 0 Å². The molecule has 4 unspecified atom stereocenters. The standard InChI is InChI=1S/2C8H18O3SSi/c2*1-8(11-12(2,9)10)6-7(8)13(3,4)5/h2*7H,6H2,1-5H3. The van der Waals surface area contributed by atoms with Gasteiger partial charge in [-0.3, -0.25) is 8.37 Å². The summed E-state index contributed by atoms with van der Waals surface area (Å²) < 4.78 is 54.0. The fraction of sp³-hybridized carbons (Fsp3) is 1.00. The minimum atomic E-state index is -3.29. The van der Waals surface area contributed by atoms with E-state index in [1.807, 2.05) is 13.8 Å². The second kappa shape index (κ2) is 6.94. The van der Waals surface area contributed by atoms with Gasteiger partial charge >= 0.3 is 0 Å². The topological polar surface area (TPSA) is 86.7 Å². The molecule has 0 N–H and O–H groups in total. The summed E-state index contributed by atoms with van der Waals surface area (Å²) in [6.07, 6.45) is 4.04. The Balaban J connectivity index is 0.000000260. The molecule has 0 heterocycles. The zero-order valence-electron chi connectivity index (χ0n) is 17.8. The molecule has 4 atom stereocenters. The van der Waals surface area contributed by atoms with Crippen molar-refractivity contribution in [2.24, 2.45) is 0 Å². The van der Waals surface area contributed by atoms with Crippen LogP contribution in [0.3, 0.4) is 0 Å². The lowest BCUT2D eigenvalue weighted by Gasteiger charge is -2.19.